The Morgan fingerprint density at radius 1 is 1.39 bits per heavy atom. The van der Waals surface area contributed by atoms with Crippen LogP contribution in [0.15, 0.2) is 29.2 Å². The third-order valence-electron chi connectivity index (χ3n) is 2.32. The Balaban J connectivity index is 2.77. The van der Waals surface area contributed by atoms with Crippen LogP contribution in [0.1, 0.15) is 13.3 Å². The molecule has 0 aliphatic rings. The minimum Gasteiger partial charge on any atom is -0.260 e. The molecule has 1 aromatic rings. The first-order valence-corrected chi connectivity index (χ1v) is 8.61. The van der Waals surface area contributed by atoms with E-state index in [-0.39, 0.29) is 4.90 Å². The van der Waals surface area contributed by atoms with Crippen molar-refractivity contribution in [3.63, 3.8) is 0 Å². The molecule has 4 nitrogen and oxygen atoms in total. The van der Waals surface area contributed by atoms with Gasteiger partial charge in [-0.05, 0) is 25.5 Å². The average Bonchev–Trinajstić information content (AvgIpc) is 2.26. The highest BCUT2D eigenvalue weighted by atomic mass is 32.2. The minimum absolute atomic E-state index is 0.366. The fourth-order valence-corrected chi connectivity index (χ4v) is 3.44. The molecule has 0 aliphatic heterocycles. The lowest BCUT2D eigenvalue weighted by atomic mass is 10.3. The predicted octanol–water partition coefficient (Wildman–Crippen LogP) is 1.26. The van der Waals surface area contributed by atoms with Crippen LogP contribution in [-0.2, 0) is 20.8 Å². The zero-order valence-electron chi connectivity index (χ0n) is 10.2. The second kappa shape index (κ2) is 6.40. The summed E-state index contributed by atoms with van der Waals surface area (Å²) in [7, 11) is -4.83. The molecule has 1 rings (SSSR count). The van der Waals surface area contributed by atoms with Gasteiger partial charge in [0.2, 0.25) is 10.0 Å². The molecule has 0 saturated heterocycles. The molecular formula is C11H16FNO3S2. The smallest absolute Gasteiger partial charge is 0.243 e. The predicted molar refractivity (Wildman–Crippen MR) is 69.7 cm³/mol. The van der Waals surface area contributed by atoms with E-state index in [0.29, 0.717) is 12.2 Å². The summed E-state index contributed by atoms with van der Waals surface area (Å²) in [5.41, 5.74) is 0. The van der Waals surface area contributed by atoms with Gasteiger partial charge in [-0.15, -0.1) is 0 Å². The fourth-order valence-electron chi connectivity index (χ4n) is 1.39. The maximum Gasteiger partial charge on any atom is 0.243 e. The van der Waals surface area contributed by atoms with Gasteiger partial charge in [-0.2, -0.15) is 0 Å². The van der Waals surface area contributed by atoms with E-state index in [0.717, 1.165) is 6.07 Å². The van der Waals surface area contributed by atoms with Crippen molar-refractivity contribution < 1.29 is 17.0 Å². The summed E-state index contributed by atoms with van der Waals surface area (Å²) in [6.07, 6.45) is 1.99. The molecule has 0 bridgehead atoms. The Morgan fingerprint density at radius 3 is 2.56 bits per heavy atom. The van der Waals surface area contributed by atoms with Gasteiger partial charge in [-0.1, -0.05) is 12.1 Å². The molecule has 7 heteroatoms. The molecule has 2 unspecified atom stereocenters. The molecule has 0 spiro atoms. The van der Waals surface area contributed by atoms with Gasteiger partial charge in [0.15, 0.2) is 0 Å². The summed E-state index contributed by atoms with van der Waals surface area (Å²) in [6, 6.07) is 4.81. The SMILES string of the molecule is CC(CCS(C)=O)NS(=O)(=O)c1ccccc1F. The molecule has 0 aliphatic carbocycles. The van der Waals surface area contributed by atoms with E-state index in [1.807, 2.05) is 0 Å². The molecule has 1 aromatic carbocycles. The highest BCUT2D eigenvalue weighted by molar-refractivity contribution is 7.89. The van der Waals surface area contributed by atoms with E-state index in [2.05, 4.69) is 4.72 Å². The first-order valence-electron chi connectivity index (χ1n) is 5.40. The van der Waals surface area contributed by atoms with E-state index in [4.69, 9.17) is 0 Å². The Hall–Kier alpha value is -0.790. The molecule has 0 radical (unpaired) electrons. The lowest BCUT2D eigenvalue weighted by molar-refractivity contribution is 0.539. The molecule has 0 heterocycles. The Kier molecular flexibility index (Phi) is 5.43. The Labute approximate surface area is 109 Å². The monoisotopic (exact) mass is 293 g/mol. The first kappa shape index (κ1) is 15.3. The van der Waals surface area contributed by atoms with Gasteiger partial charge < -0.3 is 0 Å². The fraction of sp³-hybridized carbons (Fsp3) is 0.455. The van der Waals surface area contributed by atoms with E-state index in [1.165, 1.54) is 18.2 Å². The van der Waals surface area contributed by atoms with E-state index >= 15 is 0 Å². The lowest BCUT2D eigenvalue weighted by Crippen LogP contribution is -2.34. The molecule has 0 saturated carbocycles. The maximum absolute atomic E-state index is 13.4. The van der Waals surface area contributed by atoms with Crippen LogP contribution in [0.25, 0.3) is 0 Å². The van der Waals surface area contributed by atoms with Crippen LogP contribution in [0.2, 0.25) is 0 Å². The van der Waals surface area contributed by atoms with Gasteiger partial charge in [0.05, 0.1) is 0 Å². The Morgan fingerprint density at radius 2 is 2.00 bits per heavy atom. The van der Waals surface area contributed by atoms with Crippen LogP contribution in [0.4, 0.5) is 4.39 Å². The van der Waals surface area contributed by atoms with Crippen molar-refractivity contribution >= 4 is 20.8 Å². The zero-order chi connectivity index (χ0) is 13.8. The normalized spacial score (nSPS) is 15.3. The summed E-state index contributed by atoms with van der Waals surface area (Å²) in [4.78, 5) is -0.366. The van der Waals surface area contributed by atoms with Gasteiger partial charge in [-0.25, -0.2) is 17.5 Å². The Bertz CT molecular complexity index is 531. The minimum atomic E-state index is -3.86. The quantitative estimate of drug-likeness (QED) is 0.859. The highest BCUT2D eigenvalue weighted by Gasteiger charge is 2.20. The van der Waals surface area contributed by atoms with Crippen LogP contribution in [0.5, 0.6) is 0 Å². The summed E-state index contributed by atoms with van der Waals surface area (Å²) >= 11 is 0. The second-order valence-electron chi connectivity index (χ2n) is 4.02. The van der Waals surface area contributed by atoms with E-state index in [1.54, 1.807) is 13.2 Å². The number of nitrogens with one attached hydrogen (secondary N) is 1. The van der Waals surface area contributed by atoms with Gasteiger partial charge in [0, 0.05) is 28.9 Å². The van der Waals surface area contributed by atoms with Gasteiger partial charge >= 0.3 is 0 Å². The first-order chi connectivity index (χ1) is 8.33. The van der Waals surface area contributed by atoms with Crippen LogP contribution >= 0.6 is 0 Å². The molecule has 18 heavy (non-hydrogen) atoms. The number of hydrogen-bond acceptors (Lipinski definition) is 3. The van der Waals surface area contributed by atoms with Crippen molar-refractivity contribution in [2.24, 2.45) is 0 Å². The number of benzene rings is 1. The van der Waals surface area contributed by atoms with E-state index in [9.17, 15) is 17.0 Å². The maximum atomic E-state index is 13.4. The van der Waals surface area contributed by atoms with Gasteiger partial charge in [0.25, 0.3) is 0 Å². The number of hydrogen-bond donors (Lipinski definition) is 1. The summed E-state index contributed by atoms with van der Waals surface area (Å²) < 4.78 is 50.4. The van der Waals surface area contributed by atoms with Crippen LogP contribution in [0, 0.1) is 5.82 Å². The molecule has 0 fully saturated rings. The molecule has 0 aromatic heterocycles. The van der Waals surface area contributed by atoms with Gasteiger partial charge in [-0.3, -0.25) is 4.21 Å². The van der Waals surface area contributed by atoms with Crippen LogP contribution in [-0.4, -0.2) is 30.7 Å². The molecular weight excluding hydrogens is 277 g/mol. The van der Waals surface area contributed by atoms with Crippen molar-refractivity contribution in [1.29, 1.82) is 0 Å². The van der Waals surface area contributed by atoms with Crippen LogP contribution in [0.3, 0.4) is 0 Å². The summed E-state index contributed by atoms with van der Waals surface area (Å²) in [5.74, 6) is -0.378. The second-order valence-corrected chi connectivity index (χ2v) is 7.26. The van der Waals surface area contributed by atoms with Crippen molar-refractivity contribution in [2.45, 2.75) is 24.3 Å². The average molecular weight is 293 g/mol. The van der Waals surface area contributed by atoms with Gasteiger partial charge in [0.1, 0.15) is 10.7 Å². The third kappa shape index (κ3) is 4.47. The van der Waals surface area contributed by atoms with Crippen molar-refractivity contribution in [3.8, 4) is 0 Å². The highest BCUT2D eigenvalue weighted by Crippen LogP contribution is 2.14. The number of halogens is 1. The topological polar surface area (TPSA) is 63.2 Å². The summed E-state index contributed by atoms with van der Waals surface area (Å²) in [5, 5.41) is 0. The molecule has 2 atom stereocenters. The van der Waals surface area contributed by atoms with E-state index < -0.39 is 32.7 Å². The molecule has 1 N–H and O–H groups in total. The standard InChI is InChI=1S/C11H16FNO3S2/c1-9(7-8-17(2)14)13-18(15,16)11-6-4-3-5-10(11)12/h3-6,9,13H,7-8H2,1-2H3. The number of sulfonamides is 1. The zero-order valence-corrected chi connectivity index (χ0v) is 11.9. The third-order valence-corrected chi connectivity index (χ3v) is 4.75. The molecule has 0 amide bonds. The van der Waals surface area contributed by atoms with Crippen molar-refractivity contribution in [2.75, 3.05) is 12.0 Å². The summed E-state index contributed by atoms with van der Waals surface area (Å²) in [6.45, 7) is 1.66. The van der Waals surface area contributed by atoms with Crippen molar-refractivity contribution in [1.82, 2.24) is 4.72 Å². The largest absolute Gasteiger partial charge is 0.260 e. The number of rotatable bonds is 6. The molecule has 102 valence electrons. The lowest BCUT2D eigenvalue weighted by Gasteiger charge is -2.13. The van der Waals surface area contributed by atoms with Crippen LogP contribution < -0.4 is 4.72 Å². The van der Waals surface area contributed by atoms with Crippen molar-refractivity contribution in [3.05, 3.63) is 30.1 Å².